The molecule has 1 unspecified atom stereocenters. The molecule has 4 heterocycles. The van der Waals surface area contributed by atoms with Gasteiger partial charge in [-0.1, -0.05) is 0 Å². The molecule has 0 saturated carbocycles. The van der Waals surface area contributed by atoms with Gasteiger partial charge in [-0.25, -0.2) is 0 Å². The number of nitrogens with one attached hydrogen (secondary N) is 2. The van der Waals surface area contributed by atoms with Gasteiger partial charge in [-0.3, -0.25) is 4.79 Å². The predicted molar refractivity (Wildman–Crippen MR) is 108 cm³/mol. The van der Waals surface area contributed by atoms with E-state index in [1.807, 2.05) is 12.1 Å². The zero-order valence-electron chi connectivity index (χ0n) is 17.3. The van der Waals surface area contributed by atoms with Crippen LogP contribution in [0.2, 0.25) is 0 Å². The molecule has 0 bridgehead atoms. The summed E-state index contributed by atoms with van der Waals surface area (Å²) in [6.45, 7) is 10.5. The smallest absolute Gasteiger partial charge is 0.225 e. The first-order valence-corrected chi connectivity index (χ1v) is 10.2. The molecule has 2 aliphatic rings. The minimum Gasteiger partial charge on any atom is -0.354 e. The molecule has 1 amide bonds. The van der Waals surface area contributed by atoms with Gasteiger partial charge in [-0.2, -0.15) is 4.52 Å². The molecule has 1 atom stereocenters. The summed E-state index contributed by atoms with van der Waals surface area (Å²) in [5, 5.41) is 19.5. The van der Waals surface area contributed by atoms with Crippen LogP contribution in [-0.4, -0.2) is 55.9 Å². The Hall–Kier alpha value is -2.22. The molecule has 8 nitrogen and oxygen atoms in total. The number of piperidine rings is 2. The molecule has 0 radical (unpaired) electrons. The Bertz CT molecular complexity index is 843. The Morgan fingerprint density at radius 1 is 1.21 bits per heavy atom. The van der Waals surface area contributed by atoms with Crippen LogP contribution in [0.4, 0.5) is 5.82 Å². The summed E-state index contributed by atoms with van der Waals surface area (Å²) in [5.74, 6) is 1.04. The molecule has 2 aromatic rings. The van der Waals surface area contributed by atoms with Crippen molar-refractivity contribution in [2.24, 2.45) is 5.92 Å². The van der Waals surface area contributed by atoms with Crippen LogP contribution in [0.15, 0.2) is 18.5 Å². The zero-order valence-corrected chi connectivity index (χ0v) is 17.3. The number of hydrogen-bond donors (Lipinski definition) is 2. The van der Waals surface area contributed by atoms with Crippen molar-refractivity contribution in [3.05, 3.63) is 18.5 Å². The first-order chi connectivity index (χ1) is 13.2. The van der Waals surface area contributed by atoms with Crippen molar-refractivity contribution in [1.82, 2.24) is 30.4 Å². The van der Waals surface area contributed by atoms with Crippen LogP contribution in [0.5, 0.6) is 0 Å². The van der Waals surface area contributed by atoms with Gasteiger partial charge in [0.2, 0.25) is 5.91 Å². The molecule has 152 valence electrons. The third-order valence-electron chi connectivity index (χ3n) is 5.80. The van der Waals surface area contributed by atoms with Crippen molar-refractivity contribution in [1.29, 1.82) is 0 Å². The highest BCUT2D eigenvalue weighted by molar-refractivity contribution is 5.80. The fourth-order valence-electron chi connectivity index (χ4n) is 5.03. The quantitative estimate of drug-likeness (QED) is 0.837. The Labute approximate surface area is 166 Å². The van der Waals surface area contributed by atoms with E-state index >= 15 is 0 Å². The van der Waals surface area contributed by atoms with Crippen LogP contribution in [0, 0.1) is 5.92 Å². The fourth-order valence-corrected chi connectivity index (χ4v) is 5.03. The van der Waals surface area contributed by atoms with E-state index in [1.54, 1.807) is 10.8 Å². The molecule has 0 aliphatic carbocycles. The van der Waals surface area contributed by atoms with Gasteiger partial charge in [0, 0.05) is 30.2 Å². The van der Waals surface area contributed by atoms with E-state index in [4.69, 9.17) is 0 Å². The maximum absolute atomic E-state index is 13.0. The summed E-state index contributed by atoms with van der Waals surface area (Å²) in [6, 6.07) is 4.08. The second kappa shape index (κ2) is 6.99. The molecular formula is C20H31N7O. The number of anilines is 1. The number of carbonyl (C=O) groups is 1. The number of fused-ring (bicyclic) bond motifs is 1. The topological polar surface area (TPSA) is 87.5 Å². The Kier molecular flexibility index (Phi) is 4.77. The standard InChI is InChI=1S/C20H31N7O/c1-19(2)10-15(11-20(3,4)25-19)22-18(28)14-6-5-9-26(12-14)17-8-7-16-23-21-13-27(16)24-17/h7-8,13-15,25H,5-6,9-12H2,1-4H3,(H,22,28). The average Bonchev–Trinajstić information content (AvgIpc) is 3.06. The van der Waals surface area contributed by atoms with Gasteiger partial charge in [-0.15, -0.1) is 15.3 Å². The van der Waals surface area contributed by atoms with Gasteiger partial charge in [-0.05, 0) is 65.5 Å². The van der Waals surface area contributed by atoms with Crippen LogP contribution in [0.3, 0.4) is 0 Å². The first-order valence-electron chi connectivity index (χ1n) is 10.2. The third-order valence-corrected chi connectivity index (χ3v) is 5.80. The van der Waals surface area contributed by atoms with E-state index in [-0.39, 0.29) is 28.9 Å². The molecule has 4 rings (SSSR count). The van der Waals surface area contributed by atoms with E-state index in [2.05, 4.69) is 58.5 Å². The first kappa shape index (κ1) is 19.1. The molecule has 2 aromatic heterocycles. The molecule has 0 spiro atoms. The average molecular weight is 386 g/mol. The van der Waals surface area contributed by atoms with Crippen molar-refractivity contribution in [2.75, 3.05) is 18.0 Å². The van der Waals surface area contributed by atoms with Crippen molar-refractivity contribution in [3.63, 3.8) is 0 Å². The van der Waals surface area contributed by atoms with Gasteiger partial charge in [0.05, 0.1) is 5.92 Å². The van der Waals surface area contributed by atoms with Gasteiger partial charge < -0.3 is 15.5 Å². The Balaban J connectivity index is 1.42. The van der Waals surface area contributed by atoms with Gasteiger partial charge in [0.25, 0.3) is 0 Å². The largest absolute Gasteiger partial charge is 0.354 e. The monoisotopic (exact) mass is 385 g/mol. The molecule has 2 aliphatic heterocycles. The molecule has 2 saturated heterocycles. The summed E-state index contributed by atoms with van der Waals surface area (Å²) in [7, 11) is 0. The van der Waals surface area contributed by atoms with Crippen LogP contribution in [-0.2, 0) is 4.79 Å². The maximum Gasteiger partial charge on any atom is 0.225 e. The lowest BCUT2D eigenvalue weighted by atomic mass is 9.79. The van der Waals surface area contributed by atoms with Crippen molar-refractivity contribution in [2.45, 2.75) is 70.5 Å². The number of amides is 1. The minimum atomic E-state index is -0.00623. The van der Waals surface area contributed by atoms with E-state index in [9.17, 15) is 4.79 Å². The van der Waals surface area contributed by atoms with Gasteiger partial charge >= 0.3 is 0 Å². The van der Waals surface area contributed by atoms with Crippen LogP contribution in [0.25, 0.3) is 5.65 Å². The Morgan fingerprint density at radius 2 is 1.96 bits per heavy atom. The van der Waals surface area contributed by atoms with E-state index in [1.165, 1.54) is 0 Å². The van der Waals surface area contributed by atoms with Gasteiger partial charge in [0.1, 0.15) is 12.1 Å². The predicted octanol–water partition coefficient (Wildman–Crippen LogP) is 1.77. The summed E-state index contributed by atoms with van der Waals surface area (Å²) >= 11 is 0. The molecule has 2 fully saturated rings. The van der Waals surface area contributed by atoms with Crippen molar-refractivity contribution < 1.29 is 4.79 Å². The molecule has 2 N–H and O–H groups in total. The fraction of sp³-hybridized carbons (Fsp3) is 0.700. The van der Waals surface area contributed by atoms with E-state index < -0.39 is 0 Å². The number of nitrogens with zero attached hydrogens (tertiary/aromatic N) is 5. The molecule has 28 heavy (non-hydrogen) atoms. The maximum atomic E-state index is 13.0. The zero-order chi connectivity index (χ0) is 19.9. The second-order valence-corrected chi connectivity index (χ2v) is 9.62. The highest BCUT2D eigenvalue weighted by atomic mass is 16.2. The molecule has 8 heteroatoms. The van der Waals surface area contributed by atoms with Crippen molar-refractivity contribution in [3.8, 4) is 0 Å². The lowest BCUT2D eigenvalue weighted by molar-refractivity contribution is -0.126. The number of hydrogen-bond acceptors (Lipinski definition) is 6. The number of aromatic nitrogens is 4. The summed E-state index contributed by atoms with van der Waals surface area (Å²) in [5.41, 5.74) is 0.776. The minimum absolute atomic E-state index is 0.00623. The molecule has 0 aromatic carbocycles. The lowest BCUT2D eigenvalue weighted by Crippen LogP contribution is -2.62. The second-order valence-electron chi connectivity index (χ2n) is 9.62. The lowest BCUT2D eigenvalue weighted by Gasteiger charge is -2.47. The van der Waals surface area contributed by atoms with Crippen LogP contribution >= 0.6 is 0 Å². The van der Waals surface area contributed by atoms with E-state index in [0.29, 0.717) is 6.54 Å². The molecular weight excluding hydrogens is 354 g/mol. The third kappa shape index (κ3) is 4.11. The normalized spacial score (nSPS) is 25.0. The number of carbonyl (C=O) groups excluding carboxylic acids is 1. The summed E-state index contributed by atoms with van der Waals surface area (Å²) in [4.78, 5) is 15.2. The number of rotatable bonds is 3. The summed E-state index contributed by atoms with van der Waals surface area (Å²) < 4.78 is 1.68. The van der Waals surface area contributed by atoms with Gasteiger partial charge in [0.15, 0.2) is 5.65 Å². The highest BCUT2D eigenvalue weighted by Crippen LogP contribution is 2.29. The summed E-state index contributed by atoms with van der Waals surface area (Å²) in [6.07, 6.45) is 5.42. The van der Waals surface area contributed by atoms with Crippen LogP contribution in [0.1, 0.15) is 53.4 Å². The van der Waals surface area contributed by atoms with Crippen LogP contribution < -0.4 is 15.5 Å². The van der Waals surface area contributed by atoms with E-state index in [0.717, 1.165) is 43.7 Å². The highest BCUT2D eigenvalue weighted by Gasteiger charge is 2.39. The SMILES string of the molecule is CC1(C)CC(NC(=O)C2CCCN(c3ccc4nncn4n3)C2)CC(C)(C)N1. The van der Waals surface area contributed by atoms with Crippen molar-refractivity contribution >= 4 is 17.4 Å². The Morgan fingerprint density at radius 3 is 2.71 bits per heavy atom.